The summed E-state index contributed by atoms with van der Waals surface area (Å²) in [5.74, 6) is 7.34. The maximum absolute atomic E-state index is 4.18. The van der Waals surface area contributed by atoms with Crippen molar-refractivity contribution in [3.8, 4) is 0 Å². The van der Waals surface area contributed by atoms with Crippen molar-refractivity contribution in [2.45, 2.75) is 157 Å². The van der Waals surface area contributed by atoms with Gasteiger partial charge in [0.15, 0.2) is 0 Å². The molecule has 2 aliphatic rings. The third kappa shape index (κ3) is 14.3. The molecule has 7 atom stereocenters. The van der Waals surface area contributed by atoms with Gasteiger partial charge in [0.1, 0.15) is 0 Å². The van der Waals surface area contributed by atoms with Gasteiger partial charge in [-0.1, -0.05) is 105 Å². The Kier molecular flexibility index (Phi) is 17.4. The van der Waals surface area contributed by atoms with E-state index in [9.17, 15) is 0 Å². The number of fused-ring (bicyclic) bond motifs is 1. The van der Waals surface area contributed by atoms with Gasteiger partial charge in [0.05, 0.1) is 0 Å². The van der Waals surface area contributed by atoms with Crippen LogP contribution in [0.25, 0.3) is 0 Å². The molecule has 7 unspecified atom stereocenters. The summed E-state index contributed by atoms with van der Waals surface area (Å²) < 4.78 is 0. The highest BCUT2D eigenvalue weighted by atomic mass is 15.0. The van der Waals surface area contributed by atoms with E-state index in [1.807, 2.05) is 0 Å². The first-order valence-electron chi connectivity index (χ1n) is 17.7. The van der Waals surface area contributed by atoms with Crippen molar-refractivity contribution < 1.29 is 0 Å². The van der Waals surface area contributed by atoms with E-state index in [0.717, 1.165) is 47.3 Å². The molecule has 1 heteroatoms. The van der Waals surface area contributed by atoms with Gasteiger partial charge in [-0.3, -0.25) is 0 Å². The van der Waals surface area contributed by atoms with Gasteiger partial charge < -0.3 is 4.90 Å². The second-order valence-corrected chi connectivity index (χ2v) is 15.3. The quantitative estimate of drug-likeness (QED) is 0.156. The monoisotopic (exact) mass is 542 g/mol. The summed E-state index contributed by atoms with van der Waals surface area (Å²) in [6.45, 7) is 17.7. The SMILES string of the molecule is C=C=C(CCCCN(C)C)CC1CCC2CCCC(C)C(C)CCCC2CCC1CCC(C)CCCC(C)C. The Morgan fingerprint density at radius 3 is 1.92 bits per heavy atom. The molecule has 0 spiro atoms. The fourth-order valence-corrected chi connectivity index (χ4v) is 8.04. The highest BCUT2D eigenvalue weighted by Gasteiger charge is 2.31. The van der Waals surface area contributed by atoms with Gasteiger partial charge in [-0.05, 0) is 131 Å². The minimum atomic E-state index is 0.852. The van der Waals surface area contributed by atoms with Crippen LogP contribution in [0.4, 0.5) is 0 Å². The molecule has 0 amide bonds. The molecule has 2 rings (SSSR count). The average Bonchev–Trinajstić information content (AvgIpc) is 2.88. The van der Waals surface area contributed by atoms with E-state index in [0.29, 0.717) is 0 Å². The van der Waals surface area contributed by atoms with Gasteiger partial charge in [-0.2, -0.15) is 0 Å². The van der Waals surface area contributed by atoms with E-state index in [2.05, 4.69) is 65.9 Å². The summed E-state index contributed by atoms with van der Waals surface area (Å²) >= 11 is 0. The van der Waals surface area contributed by atoms with Crippen LogP contribution < -0.4 is 0 Å². The van der Waals surface area contributed by atoms with Crippen LogP contribution in [-0.4, -0.2) is 25.5 Å². The molecule has 2 aliphatic carbocycles. The molecule has 0 aromatic carbocycles. The third-order valence-electron chi connectivity index (χ3n) is 11.2. The lowest BCUT2D eigenvalue weighted by Gasteiger charge is -2.38. The molecule has 0 aromatic rings. The molecule has 39 heavy (non-hydrogen) atoms. The Bertz CT molecular complexity index is 670. The van der Waals surface area contributed by atoms with Crippen molar-refractivity contribution in [1.82, 2.24) is 4.90 Å². The molecule has 0 aliphatic heterocycles. The molecule has 1 nitrogen and oxygen atoms in total. The van der Waals surface area contributed by atoms with Crippen LogP contribution in [0.15, 0.2) is 17.9 Å². The van der Waals surface area contributed by atoms with Crippen LogP contribution >= 0.6 is 0 Å². The van der Waals surface area contributed by atoms with Gasteiger partial charge in [-0.25, -0.2) is 0 Å². The molecule has 2 fully saturated rings. The molecular weight excluding hydrogens is 470 g/mol. The van der Waals surface area contributed by atoms with Crippen LogP contribution in [0, 0.1) is 47.3 Å². The van der Waals surface area contributed by atoms with Crippen LogP contribution in [-0.2, 0) is 0 Å². The van der Waals surface area contributed by atoms with Gasteiger partial charge in [0.25, 0.3) is 0 Å². The molecule has 0 radical (unpaired) electrons. The second-order valence-electron chi connectivity index (χ2n) is 15.3. The van der Waals surface area contributed by atoms with Gasteiger partial charge >= 0.3 is 0 Å². The van der Waals surface area contributed by atoms with Crippen molar-refractivity contribution in [3.63, 3.8) is 0 Å². The number of hydrogen-bond donors (Lipinski definition) is 0. The zero-order chi connectivity index (χ0) is 28.6. The highest BCUT2D eigenvalue weighted by molar-refractivity contribution is 5.02. The average molecular weight is 542 g/mol. The summed E-state index contributed by atoms with van der Waals surface area (Å²) in [6.07, 6.45) is 27.1. The van der Waals surface area contributed by atoms with E-state index in [4.69, 9.17) is 0 Å². The van der Waals surface area contributed by atoms with E-state index < -0.39 is 0 Å². The highest BCUT2D eigenvalue weighted by Crippen LogP contribution is 2.44. The molecule has 2 saturated carbocycles. The van der Waals surface area contributed by atoms with Crippen LogP contribution in [0.3, 0.4) is 0 Å². The lowest BCUT2D eigenvalue weighted by Crippen LogP contribution is -2.26. The molecule has 0 saturated heterocycles. The van der Waals surface area contributed by atoms with E-state index in [-0.39, 0.29) is 0 Å². The fourth-order valence-electron chi connectivity index (χ4n) is 8.04. The second kappa shape index (κ2) is 19.6. The summed E-state index contributed by atoms with van der Waals surface area (Å²) in [7, 11) is 4.39. The number of nitrogens with zero attached hydrogens (tertiary/aromatic N) is 1. The fraction of sp³-hybridized carbons (Fsp3) is 0.921. The zero-order valence-corrected chi connectivity index (χ0v) is 27.9. The van der Waals surface area contributed by atoms with Crippen molar-refractivity contribution in [1.29, 1.82) is 0 Å². The number of hydrogen-bond acceptors (Lipinski definition) is 1. The summed E-state index contributed by atoms with van der Waals surface area (Å²) in [6, 6.07) is 0. The van der Waals surface area contributed by atoms with Crippen LogP contribution in [0.5, 0.6) is 0 Å². The summed E-state index contributed by atoms with van der Waals surface area (Å²) in [5, 5.41) is 0. The van der Waals surface area contributed by atoms with Crippen molar-refractivity contribution in [3.05, 3.63) is 17.9 Å². The number of allylic oxidation sites excluding steroid dienone is 1. The minimum absolute atomic E-state index is 0.852. The predicted octanol–water partition coefficient (Wildman–Crippen LogP) is 11.7. The predicted molar refractivity (Wildman–Crippen MR) is 175 cm³/mol. The minimum Gasteiger partial charge on any atom is -0.309 e. The number of rotatable bonds is 14. The number of unbranched alkanes of at least 4 members (excludes halogenated alkanes) is 1. The maximum Gasteiger partial charge on any atom is -0.00247 e. The topological polar surface area (TPSA) is 3.24 Å². The molecule has 0 heterocycles. The van der Waals surface area contributed by atoms with E-state index >= 15 is 0 Å². The normalized spacial score (nSPS) is 29.8. The lowest BCUT2D eigenvalue weighted by molar-refractivity contribution is 0.140. The first kappa shape index (κ1) is 34.7. The Labute approximate surface area is 247 Å². The first-order valence-corrected chi connectivity index (χ1v) is 17.7. The molecule has 0 bridgehead atoms. The third-order valence-corrected chi connectivity index (χ3v) is 11.2. The molecule has 228 valence electrons. The Balaban J connectivity index is 2.05. The van der Waals surface area contributed by atoms with Crippen LogP contribution in [0.2, 0.25) is 0 Å². The van der Waals surface area contributed by atoms with Crippen molar-refractivity contribution >= 4 is 0 Å². The summed E-state index contributed by atoms with van der Waals surface area (Å²) in [5.41, 5.74) is 4.99. The van der Waals surface area contributed by atoms with Gasteiger partial charge in [0, 0.05) is 0 Å². The largest absolute Gasteiger partial charge is 0.309 e. The van der Waals surface area contributed by atoms with E-state index in [1.165, 1.54) is 129 Å². The smallest absolute Gasteiger partial charge is 0.00247 e. The Morgan fingerprint density at radius 1 is 0.744 bits per heavy atom. The lowest BCUT2D eigenvalue weighted by atomic mass is 9.67. The van der Waals surface area contributed by atoms with Gasteiger partial charge in [-0.15, -0.1) is 5.73 Å². The first-order chi connectivity index (χ1) is 18.7. The standard InChI is InChI=1S/C38H71N/c1-9-34(19-10-11-28-39(7)8)29-38-27-26-36-21-14-18-33(6)32(5)17-13-20-35(36)24-25-37(38)23-22-31(4)16-12-15-30(2)3/h30-33,35-38H,1,10-29H2,2-8H3. The van der Waals surface area contributed by atoms with Crippen LogP contribution in [0.1, 0.15) is 157 Å². The Hall–Kier alpha value is -0.520. The zero-order valence-electron chi connectivity index (χ0n) is 27.9. The maximum atomic E-state index is 4.18. The molecule has 0 aromatic heterocycles. The van der Waals surface area contributed by atoms with Gasteiger partial charge in [0.2, 0.25) is 0 Å². The van der Waals surface area contributed by atoms with Crippen molar-refractivity contribution in [2.75, 3.05) is 20.6 Å². The van der Waals surface area contributed by atoms with E-state index in [1.54, 1.807) is 5.57 Å². The molecule has 0 N–H and O–H groups in total. The molecular formula is C38H71N. The summed E-state index contributed by atoms with van der Waals surface area (Å²) in [4.78, 5) is 2.32. The van der Waals surface area contributed by atoms with Crippen molar-refractivity contribution in [2.24, 2.45) is 47.3 Å². The Morgan fingerprint density at radius 2 is 1.36 bits per heavy atom.